The van der Waals surface area contributed by atoms with Crippen LogP contribution in [0.2, 0.25) is 0 Å². The Morgan fingerprint density at radius 1 is 0.958 bits per heavy atom. The minimum Gasteiger partial charge on any atom is -0.384 e. The number of pyridine rings is 1. The molecule has 1 heterocycles. The number of benzene rings is 2. The zero-order valence-electron chi connectivity index (χ0n) is 13.0. The normalized spacial score (nSPS) is 10.0. The van der Waals surface area contributed by atoms with Crippen molar-refractivity contribution in [3.05, 3.63) is 71.5 Å². The van der Waals surface area contributed by atoms with Crippen molar-refractivity contribution < 1.29 is 4.39 Å². The van der Waals surface area contributed by atoms with E-state index in [0.717, 1.165) is 29.4 Å². The molecule has 0 radical (unpaired) electrons. The van der Waals surface area contributed by atoms with Gasteiger partial charge in [-0.15, -0.1) is 24.8 Å². The van der Waals surface area contributed by atoms with Crippen LogP contribution in [-0.2, 0) is 13.0 Å². The summed E-state index contributed by atoms with van der Waals surface area (Å²) < 4.78 is 13.1. The molecule has 0 aliphatic rings. The van der Waals surface area contributed by atoms with E-state index in [9.17, 15) is 4.39 Å². The van der Waals surface area contributed by atoms with Crippen molar-refractivity contribution in [2.75, 3.05) is 12.3 Å². The first-order chi connectivity index (χ1) is 10.7. The molecule has 24 heavy (non-hydrogen) atoms. The Hall–Kier alpha value is -1.88. The number of hydrogen-bond acceptors (Lipinski definition) is 3. The third-order valence-corrected chi connectivity index (χ3v) is 3.58. The molecule has 0 unspecified atom stereocenters. The van der Waals surface area contributed by atoms with Gasteiger partial charge in [0.15, 0.2) is 0 Å². The van der Waals surface area contributed by atoms with Crippen molar-refractivity contribution in [3.63, 3.8) is 0 Å². The topological polar surface area (TPSA) is 50.9 Å². The first-order valence-electron chi connectivity index (χ1n) is 7.31. The van der Waals surface area contributed by atoms with Crippen molar-refractivity contribution in [2.24, 2.45) is 0 Å². The van der Waals surface area contributed by atoms with Crippen LogP contribution in [0.3, 0.4) is 0 Å². The van der Waals surface area contributed by atoms with Gasteiger partial charge in [-0.25, -0.2) is 9.37 Å². The molecule has 0 aliphatic heterocycles. The lowest BCUT2D eigenvalue weighted by molar-refractivity contribution is 0.620. The summed E-state index contributed by atoms with van der Waals surface area (Å²) in [6.45, 7) is 1.51. The molecule has 0 spiro atoms. The van der Waals surface area contributed by atoms with Gasteiger partial charge < -0.3 is 11.1 Å². The summed E-state index contributed by atoms with van der Waals surface area (Å²) in [6.07, 6.45) is 0.912. The second-order valence-corrected chi connectivity index (χ2v) is 5.32. The molecule has 0 bridgehead atoms. The molecule has 0 atom stereocenters. The minimum absolute atomic E-state index is 0. The van der Waals surface area contributed by atoms with E-state index < -0.39 is 0 Å². The lowest BCUT2D eigenvalue weighted by Gasteiger charge is -2.07. The lowest BCUT2D eigenvalue weighted by Crippen LogP contribution is -2.16. The Kier molecular flexibility index (Phi) is 7.92. The maximum Gasteiger partial charge on any atom is 0.124 e. The van der Waals surface area contributed by atoms with Crippen LogP contribution >= 0.6 is 24.8 Å². The number of fused-ring (bicyclic) bond motifs is 1. The van der Waals surface area contributed by atoms with Crippen LogP contribution in [0.15, 0.2) is 54.6 Å². The van der Waals surface area contributed by atoms with Gasteiger partial charge in [0.25, 0.3) is 0 Å². The van der Waals surface area contributed by atoms with E-state index in [1.165, 1.54) is 11.6 Å². The highest BCUT2D eigenvalue weighted by Crippen LogP contribution is 2.16. The molecule has 6 heteroatoms. The monoisotopic (exact) mass is 367 g/mol. The molecular formula is C18H20Cl2FN3. The van der Waals surface area contributed by atoms with Crippen LogP contribution < -0.4 is 11.1 Å². The number of halogens is 3. The van der Waals surface area contributed by atoms with Crippen molar-refractivity contribution >= 4 is 41.5 Å². The highest BCUT2D eigenvalue weighted by molar-refractivity contribution is 5.85. The van der Waals surface area contributed by atoms with Gasteiger partial charge >= 0.3 is 0 Å². The second-order valence-electron chi connectivity index (χ2n) is 5.32. The molecule has 0 aliphatic carbocycles. The Balaban J connectivity index is 0.00000144. The van der Waals surface area contributed by atoms with Crippen LogP contribution in [0.25, 0.3) is 10.9 Å². The van der Waals surface area contributed by atoms with Crippen LogP contribution in [-0.4, -0.2) is 11.5 Å². The average Bonchev–Trinajstić information content (AvgIpc) is 2.52. The fourth-order valence-corrected chi connectivity index (χ4v) is 2.46. The maximum absolute atomic E-state index is 13.1. The molecule has 3 aromatic rings. The number of hydrogen-bond donors (Lipinski definition) is 2. The zero-order chi connectivity index (χ0) is 15.4. The summed E-state index contributed by atoms with van der Waals surface area (Å²) >= 11 is 0. The summed E-state index contributed by atoms with van der Waals surface area (Å²) in [5, 5.41) is 4.43. The zero-order valence-corrected chi connectivity index (χ0v) is 14.7. The van der Waals surface area contributed by atoms with Gasteiger partial charge in [0.1, 0.15) is 11.6 Å². The number of rotatable bonds is 5. The fraction of sp³-hybridized carbons (Fsp3) is 0.167. The summed E-state index contributed by atoms with van der Waals surface area (Å²) in [7, 11) is 0. The van der Waals surface area contributed by atoms with Crippen LogP contribution in [0.1, 0.15) is 11.1 Å². The number of nitrogens with one attached hydrogen (secondary N) is 1. The van der Waals surface area contributed by atoms with Crippen LogP contribution in [0.4, 0.5) is 10.2 Å². The highest BCUT2D eigenvalue weighted by atomic mass is 35.5. The fourth-order valence-electron chi connectivity index (χ4n) is 2.46. The molecule has 3 nitrogen and oxygen atoms in total. The molecule has 0 saturated carbocycles. The molecule has 0 amide bonds. The van der Waals surface area contributed by atoms with E-state index in [1.807, 2.05) is 24.3 Å². The molecule has 128 valence electrons. The minimum atomic E-state index is -0.194. The molecule has 2 aromatic carbocycles. The molecule has 3 rings (SSSR count). The van der Waals surface area contributed by atoms with Gasteiger partial charge in [0.05, 0.1) is 5.52 Å². The maximum atomic E-state index is 13.1. The van der Waals surface area contributed by atoms with Crippen molar-refractivity contribution in [1.29, 1.82) is 0 Å². The first-order valence-corrected chi connectivity index (χ1v) is 7.31. The Bertz CT molecular complexity index is 796. The smallest absolute Gasteiger partial charge is 0.124 e. The largest absolute Gasteiger partial charge is 0.384 e. The summed E-state index contributed by atoms with van der Waals surface area (Å²) in [5.74, 6) is 0.345. The van der Waals surface area contributed by atoms with Gasteiger partial charge in [0, 0.05) is 11.9 Å². The van der Waals surface area contributed by atoms with E-state index >= 15 is 0 Å². The first kappa shape index (κ1) is 20.2. The Labute approximate surface area is 153 Å². The van der Waals surface area contributed by atoms with Gasteiger partial charge in [-0.3, -0.25) is 0 Å². The predicted molar refractivity (Wildman–Crippen MR) is 102 cm³/mol. The quantitative estimate of drug-likeness (QED) is 0.666. The van der Waals surface area contributed by atoms with Crippen molar-refractivity contribution in [3.8, 4) is 0 Å². The average molecular weight is 368 g/mol. The SMILES string of the molecule is Cl.Cl.Nc1ccc2cc(CCNCc3cccc(F)c3)ccc2n1. The number of anilines is 1. The Morgan fingerprint density at radius 2 is 1.79 bits per heavy atom. The Morgan fingerprint density at radius 3 is 2.58 bits per heavy atom. The third-order valence-electron chi connectivity index (χ3n) is 3.58. The number of aromatic nitrogens is 1. The van der Waals surface area contributed by atoms with Crippen LogP contribution in [0.5, 0.6) is 0 Å². The predicted octanol–water partition coefficient (Wildman–Crippen LogP) is 4.13. The molecule has 3 N–H and O–H groups in total. The summed E-state index contributed by atoms with van der Waals surface area (Å²) in [4.78, 5) is 4.29. The number of nitrogens with two attached hydrogens (primary N) is 1. The van der Waals surface area contributed by atoms with Gasteiger partial charge in [-0.1, -0.05) is 18.2 Å². The summed E-state index contributed by atoms with van der Waals surface area (Å²) in [6, 6.07) is 16.7. The van der Waals surface area contributed by atoms with Gasteiger partial charge in [0.2, 0.25) is 0 Å². The standard InChI is InChI=1S/C18H18FN3.2ClH/c19-16-3-1-2-14(11-16)12-21-9-8-13-4-6-17-15(10-13)5-7-18(20)22-17;;/h1-7,10-11,21H,8-9,12H2,(H2,20,22);2*1H. The summed E-state index contributed by atoms with van der Waals surface area (Å²) in [5.41, 5.74) is 8.79. The van der Waals surface area contributed by atoms with Crippen molar-refractivity contribution in [2.45, 2.75) is 13.0 Å². The third kappa shape index (κ3) is 5.34. The van der Waals surface area contributed by atoms with E-state index in [-0.39, 0.29) is 30.6 Å². The number of nitrogen functional groups attached to an aromatic ring is 1. The molecular weight excluding hydrogens is 348 g/mol. The van der Waals surface area contributed by atoms with Gasteiger partial charge in [-0.2, -0.15) is 0 Å². The van der Waals surface area contributed by atoms with E-state index in [2.05, 4.69) is 22.4 Å². The second kappa shape index (κ2) is 9.42. The molecule has 0 saturated heterocycles. The van der Waals surface area contributed by atoms with E-state index in [1.54, 1.807) is 12.1 Å². The van der Waals surface area contributed by atoms with Gasteiger partial charge in [-0.05, 0) is 60.5 Å². The van der Waals surface area contributed by atoms with E-state index in [0.29, 0.717) is 12.4 Å². The van der Waals surface area contributed by atoms with Crippen LogP contribution in [0, 0.1) is 5.82 Å². The van der Waals surface area contributed by atoms with Crippen molar-refractivity contribution in [1.82, 2.24) is 10.3 Å². The van der Waals surface area contributed by atoms with E-state index in [4.69, 9.17) is 5.73 Å². The number of nitrogens with zero attached hydrogens (tertiary/aromatic N) is 1. The lowest BCUT2D eigenvalue weighted by atomic mass is 10.1. The highest BCUT2D eigenvalue weighted by Gasteiger charge is 2.00. The molecule has 1 aromatic heterocycles. The molecule has 0 fully saturated rings.